The molecule has 0 aliphatic carbocycles. The molecule has 0 aliphatic rings. The first-order valence-corrected chi connectivity index (χ1v) is 10.5. The Labute approximate surface area is 205 Å². The van der Waals surface area contributed by atoms with Gasteiger partial charge >= 0.3 is 12.1 Å². The SMILES string of the molecule is C=C(C)C(=C)Oc1ccc(-c2ccc(C(F)(F)Oc3ccc(OC(=O)C(=C)C)c(F)c3F)cc2)cc1. The number of benzene rings is 3. The zero-order valence-electron chi connectivity index (χ0n) is 19.5. The number of hydrogen-bond acceptors (Lipinski definition) is 4. The van der Waals surface area contributed by atoms with Crippen LogP contribution in [0.15, 0.2) is 97.3 Å². The fourth-order valence-corrected chi connectivity index (χ4v) is 2.86. The van der Waals surface area contributed by atoms with E-state index in [0.717, 1.165) is 29.8 Å². The Morgan fingerprint density at radius 2 is 1.22 bits per heavy atom. The Bertz CT molecular complexity index is 1330. The Balaban J connectivity index is 1.75. The number of alkyl halides is 2. The van der Waals surface area contributed by atoms with Crippen LogP contribution in [0, 0.1) is 11.6 Å². The molecule has 0 aromatic heterocycles. The van der Waals surface area contributed by atoms with Crippen molar-refractivity contribution in [2.24, 2.45) is 0 Å². The maximum atomic E-state index is 14.7. The third-order valence-corrected chi connectivity index (χ3v) is 4.93. The fraction of sp³-hybridized carbons (Fsp3) is 0.107. The molecule has 0 atom stereocenters. The summed E-state index contributed by atoms with van der Waals surface area (Å²) in [7, 11) is 0. The van der Waals surface area contributed by atoms with Gasteiger partial charge in [-0.2, -0.15) is 17.6 Å². The molecule has 0 bridgehead atoms. The summed E-state index contributed by atoms with van der Waals surface area (Å²) in [5.41, 5.74) is 1.40. The van der Waals surface area contributed by atoms with Gasteiger partial charge in [-0.15, -0.1) is 0 Å². The largest absolute Gasteiger partial charge is 0.458 e. The molecule has 0 saturated carbocycles. The molecule has 8 heteroatoms. The molecule has 3 rings (SSSR count). The Morgan fingerprint density at radius 1 is 0.722 bits per heavy atom. The molecular formula is C28H22F4O4. The van der Waals surface area contributed by atoms with E-state index in [2.05, 4.69) is 29.2 Å². The molecule has 36 heavy (non-hydrogen) atoms. The number of carbonyl (C=O) groups is 1. The minimum absolute atomic E-state index is 0.0527. The summed E-state index contributed by atoms with van der Waals surface area (Å²) in [5.74, 6) is -5.23. The second kappa shape index (κ2) is 10.5. The van der Waals surface area contributed by atoms with Gasteiger partial charge < -0.3 is 14.2 Å². The average Bonchev–Trinajstić information content (AvgIpc) is 2.84. The molecule has 4 nitrogen and oxygen atoms in total. The van der Waals surface area contributed by atoms with E-state index >= 15 is 0 Å². The standard InChI is InChI=1S/C28H22F4O4/c1-16(2)18(5)34-22-12-8-20(9-13-22)19-6-10-21(11-7-19)28(31,32)36-24-15-14-23(25(29)26(24)30)35-27(33)17(3)4/h6-15H,1,3,5H2,2,4H3. The van der Waals surface area contributed by atoms with Crippen LogP contribution in [0.2, 0.25) is 0 Å². The Morgan fingerprint density at radius 3 is 1.75 bits per heavy atom. The first-order chi connectivity index (χ1) is 16.9. The molecule has 186 valence electrons. The first kappa shape index (κ1) is 26.3. The van der Waals surface area contributed by atoms with Gasteiger partial charge in [0.25, 0.3) is 0 Å². The predicted molar refractivity (Wildman–Crippen MR) is 128 cm³/mol. The van der Waals surface area contributed by atoms with Gasteiger partial charge in [0.2, 0.25) is 11.6 Å². The maximum Gasteiger partial charge on any atom is 0.426 e. The van der Waals surface area contributed by atoms with Gasteiger partial charge in [0.1, 0.15) is 11.5 Å². The minimum atomic E-state index is -3.98. The van der Waals surface area contributed by atoms with Gasteiger partial charge in [-0.3, -0.25) is 0 Å². The fourth-order valence-electron chi connectivity index (χ4n) is 2.86. The smallest absolute Gasteiger partial charge is 0.426 e. The number of rotatable bonds is 9. The second-order valence-corrected chi connectivity index (χ2v) is 7.89. The summed E-state index contributed by atoms with van der Waals surface area (Å²) in [5, 5.41) is 0. The zero-order valence-corrected chi connectivity index (χ0v) is 19.5. The van der Waals surface area contributed by atoms with E-state index < -0.39 is 40.8 Å². The number of ether oxygens (including phenoxy) is 3. The molecular weight excluding hydrogens is 476 g/mol. The van der Waals surface area contributed by atoms with E-state index in [1.54, 1.807) is 31.2 Å². The van der Waals surface area contributed by atoms with Gasteiger partial charge in [-0.05, 0) is 66.9 Å². The highest BCUT2D eigenvalue weighted by molar-refractivity contribution is 5.88. The van der Waals surface area contributed by atoms with E-state index in [1.807, 2.05) is 0 Å². The summed E-state index contributed by atoms with van der Waals surface area (Å²) < 4.78 is 72.6. The lowest BCUT2D eigenvalue weighted by atomic mass is 10.0. The predicted octanol–water partition coefficient (Wildman–Crippen LogP) is 7.71. The summed E-state index contributed by atoms with van der Waals surface area (Å²) in [6, 6.07) is 13.5. The minimum Gasteiger partial charge on any atom is -0.458 e. The lowest BCUT2D eigenvalue weighted by Gasteiger charge is -2.19. The lowest BCUT2D eigenvalue weighted by Crippen LogP contribution is -2.22. The number of halogens is 4. The molecule has 0 saturated heterocycles. The third kappa shape index (κ3) is 6.02. The van der Waals surface area contributed by atoms with Gasteiger partial charge in [-0.25, -0.2) is 4.79 Å². The first-order valence-electron chi connectivity index (χ1n) is 10.5. The van der Waals surface area contributed by atoms with Crippen LogP contribution in [0.4, 0.5) is 17.6 Å². The highest BCUT2D eigenvalue weighted by Crippen LogP contribution is 2.36. The second-order valence-electron chi connectivity index (χ2n) is 7.89. The molecule has 0 amide bonds. The van der Waals surface area contributed by atoms with Crippen molar-refractivity contribution < 1.29 is 36.6 Å². The van der Waals surface area contributed by atoms with Crippen LogP contribution < -0.4 is 14.2 Å². The molecule has 3 aromatic rings. The third-order valence-electron chi connectivity index (χ3n) is 4.93. The van der Waals surface area contributed by atoms with Crippen LogP contribution in [0.1, 0.15) is 19.4 Å². The summed E-state index contributed by atoms with van der Waals surface area (Å²) in [6.45, 7) is 13.9. The molecule has 0 spiro atoms. The van der Waals surface area contributed by atoms with Gasteiger partial charge in [0, 0.05) is 5.57 Å². The quantitative estimate of drug-likeness (QED) is 0.0757. The van der Waals surface area contributed by atoms with Crippen LogP contribution in [0.25, 0.3) is 11.1 Å². The van der Waals surface area contributed by atoms with Crippen LogP contribution in [-0.4, -0.2) is 5.97 Å². The van der Waals surface area contributed by atoms with Crippen LogP contribution >= 0.6 is 0 Å². The van der Waals surface area contributed by atoms with Crippen molar-refractivity contribution in [1.82, 2.24) is 0 Å². The molecule has 0 heterocycles. The van der Waals surface area contributed by atoms with Crippen molar-refractivity contribution in [3.63, 3.8) is 0 Å². The van der Waals surface area contributed by atoms with Crippen molar-refractivity contribution in [3.05, 3.63) is 115 Å². The molecule has 0 radical (unpaired) electrons. The van der Waals surface area contributed by atoms with Gasteiger partial charge in [0.05, 0.1) is 5.56 Å². The normalized spacial score (nSPS) is 10.9. The molecule has 0 fully saturated rings. The van der Waals surface area contributed by atoms with E-state index in [9.17, 15) is 22.4 Å². The van der Waals surface area contributed by atoms with Crippen molar-refractivity contribution in [1.29, 1.82) is 0 Å². The zero-order chi connectivity index (χ0) is 26.6. The van der Waals surface area contributed by atoms with E-state index in [0.29, 0.717) is 22.6 Å². The molecule has 3 aromatic carbocycles. The molecule has 0 N–H and O–H groups in total. The lowest BCUT2D eigenvalue weighted by molar-refractivity contribution is -0.187. The number of carbonyl (C=O) groups excluding carboxylic acids is 1. The van der Waals surface area contributed by atoms with Gasteiger partial charge in [-0.1, -0.05) is 44.0 Å². The Kier molecular flexibility index (Phi) is 7.68. The monoisotopic (exact) mass is 498 g/mol. The number of hydrogen-bond donors (Lipinski definition) is 0. The summed E-state index contributed by atoms with van der Waals surface area (Å²) in [6.07, 6.45) is -3.98. The topological polar surface area (TPSA) is 44.8 Å². The molecule has 0 unspecified atom stereocenters. The highest BCUT2D eigenvalue weighted by atomic mass is 19.3. The van der Waals surface area contributed by atoms with Gasteiger partial charge in [0.15, 0.2) is 11.5 Å². The number of allylic oxidation sites excluding steroid dienone is 1. The summed E-state index contributed by atoms with van der Waals surface area (Å²) in [4.78, 5) is 11.5. The highest BCUT2D eigenvalue weighted by Gasteiger charge is 2.36. The maximum absolute atomic E-state index is 14.7. The van der Waals surface area contributed by atoms with E-state index in [1.165, 1.54) is 19.1 Å². The van der Waals surface area contributed by atoms with E-state index in [4.69, 9.17) is 4.74 Å². The van der Waals surface area contributed by atoms with Crippen LogP contribution in [-0.2, 0) is 10.9 Å². The summed E-state index contributed by atoms with van der Waals surface area (Å²) >= 11 is 0. The Hall–Kier alpha value is -4.33. The number of esters is 1. The van der Waals surface area contributed by atoms with Crippen molar-refractivity contribution >= 4 is 5.97 Å². The molecule has 0 aliphatic heterocycles. The average molecular weight is 498 g/mol. The van der Waals surface area contributed by atoms with E-state index in [-0.39, 0.29) is 5.57 Å². The van der Waals surface area contributed by atoms with Crippen molar-refractivity contribution in [3.8, 4) is 28.4 Å². The van der Waals surface area contributed by atoms with Crippen LogP contribution in [0.5, 0.6) is 17.2 Å². The van der Waals surface area contributed by atoms with Crippen LogP contribution in [0.3, 0.4) is 0 Å². The van der Waals surface area contributed by atoms with Crippen molar-refractivity contribution in [2.75, 3.05) is 0 Å². The van der Waals surface area contributed by atoms with Crippen molar-refractivity contribution in [2.45, 2.75) is 20.0 Å².